The van der Waals surface area contributed by atoms with Crippen LogP contribution in [-0.4, -0.2) is 11.7 Å². The Balaban J connectivity index is 2.38. The minimum Gasteiger partial charge on any atom is -0.392 e. The van der Waals surface area contributed by atoms with E-state index in [0.717, 1.165) is 6.42 Å². The lowest BCUT2D eigenvalue weighted by atomic mass is 9.89. The van der Waals surface area contributed by atoms with Crippen LogP contribution in [0.3, 0.4) is 0 Å². The first kappa shape index (κ1) is 10.8. The molecule has 0 aromatic carbocycles. The summed E-state index contributed by atoms with van der Waals surface area (Å²) in [6, 6.07) is 0. The Kier molecular flexibility index (Phi) is 5.14. The first-order chi connectivity index (χ1) is 6.38. The van der Waals surface area contributed by atoms with Crippen LogP contribution in [0.5, 0.6) is 0 Å². The number of hydrogen-bond acceptors (Lipinski definition) is 1. The molecule has 0 aromatic heterocycles. The Labute approximate surface area is 81.9 Å². The fraction of sp³-hybridized carbons (Fsp3) is 0.833. The molecule has 1 N–H and O–H groups in total. The largest absolute Gasteiger partial charge is 0.392 e. The summed E-state index contributed by atoms with van der Waals surface area (Å²) in [6.07, 6.45) is 10.2. The summed E-state index contributed by atoms with van der Waals surface area (Å²) >= 11 is 0. The fourth-order valence-electron chi connectivity index (χ4n) is 2.11. The van der Waals surface area contributed by atoms with Crippen molar-refractivity contribution in [3.8, 4) is 0 Å². The van der Waals surface area contributed by atoms with Crippen LogP contribution < -0.4 is 0 Å². The van der Waals surface area contributed by atoms with E-state index in [0.29, 0.717) is 6.61 Å². The lowest BCUT2D eigenvalue weighted by molar-refractivity contribution is 0.319. The van der Waals surface area contributed by atoms with Crippen molar-refractivity contribution in [2.45, 2.75) is 58.3 Å². The van der Waals surface area contributed by atoms with Crippen molar-refractivity contribution in [3.63, 3.8) is 0 Å². The molecule has 0 aliphatic heterocycles. The van der Waals surface area contributed by atoms with E-state index >= 15 is 0 Å². The van der Waals surface area contributed by atoms with Crippen LogP contribution in [0.15, 0.2) is 11.1 Å². The van der Waals surface area contributed by atoms with Gasteiger partial charge in [-0.15, -0.1) is 0 Å². The molecule has 0 saturated carbocycles. The Morgan fingerprint density at radius 3 is 2.38 bits per heavy atom. The summed E-state index contributed by atoms with van der Waals surface area (Å²) in [4.78, 5) is 0. The van der Waals surface area contributed by atoms with Crippen molar-refractivity contribution >= 4 is 0 Å². The molecule has 0 fully saturated rings. The average molecular weight is 182 g/mol. The highest BCUT2D eigenvalue weighted by Gasteiger charge is 2.10. The number of allylic oxidation sites excluding steroid dienone is 1. The van der Waals surface area contributed by atoms with Gasteiger partial charge in [0.05, 0.1) is 6.61 Å². The lowest BCUT2D eigenvalue weighted by Crippen LogP contribution is -2.03. The zero-order valence-corrected chi connectivity index (χ0v) is 8.81. The van der Waals surface area contributed by atoms with Crippen LogP contribution >= 0.6 is 0 Å². The van der Waals surface area contributed by atoms with E-state index in [1.165, 1.54) is 50.5 Å². The van der Waals surface area contributed by atoms with E-state index in [2.05, 4.69) is 6.92 Å². The standard InChI is InChI=1S/C12H22O/c1-2-3-4-7-11-8-5-6-9-12(11)10-13/h13H,2-10H2,1H3. The van der Waals surface area contributed by atoms with Gasteiger partial charge in [0.15, 0.2) is 0 Å². The molecule has 13 heavy (non-hydrogen) atoms. The smallest absolute Gasteiger partial charge is 0.0644 e. The predicted octanol–water partition coefficient (Wildman–Crippen LogP) is 3.43. The molecule has 0 spiro atoms. The summed E-state index contributed by atoms with van der Waals surface area (Å²) in [7, 11) is 0. The van der Waals surface area contributed by atoms with Crippen molar-refractivity contribution in [3.05, 3.63) is 11.1 Å². The van der Waals surface area contributed by atoms with Gasteiger partial charge in [-0.1, -0.05) is 25.3 Å². The molecule has 0 amide bonds. The molecule has 0 unspecified atom stereocenters. The minimum atomic E-state index is 0.307. The summed E-state index contributed by atoms with van der Waals surface area (Å²) < 4.78 is 0. The number of unbranched alkanes of at least 4 members (excludes halogenated alkanes) is 2. The summed E-state index contributed by atoms with van der Waals surface area (Å²) in [6.45, 7) is 2.55. The fourth-order valence-corrected chi connectivity index (χ4v) is 2.11. The number of aliphatic hydroxyl groups is 1. The van der Waals surface area contributed by atoms with Crippen molar-refractivity contribution in [2.75, 3.05) is 6.61 Å². The van der Waals surface area contributed by atoms with Gasteiger partial charge in [0.1, 0.15) is 0 Å². The van der Waals surface area contributed by atoms with Gasteiger partial charge in [0, 0.05) is 0 Å². The van der Waals surface area contributed by atoms with E-state index in [9.17, 15) is 0 Å². The molecule has 0 heterocycles. The third-order valence-corrected chi connectivity index (χ3v) is 2.98. The highest BCUT2D eigenvalue weighted by molar-refractivity contribution is 5.17. The van der Waals surface area contributed by atoms with Gasteiger partial charge < -0.3 is 5.11 Å². The predicted molar refractivity (Wildman–Crippen MR) is 56.7 cm³/mol. The normalized spacial score (nSPS) is 18.0. The molecule has 1 nitrogen and oxygen atoms in total. The molecule has 0 radical (unpaired) electrons. The molecule has 0 atom stereocenters. The van der Waals surface area contributed by atoms with E-state index in [1.54, 1.807) is 5.57 Å². The van der Waals surface area contributed by atoms with Crippen LogP contribution in [0, 0.1) is 0 Å². The first-order valence-electron chi connectivity index (χ1n) is 5.69. The van der Waals surface area contributed by atoms with Crippen LogP contribution in [-0.2, 0) is 0 Å². The van der Waals surface area contributed by atoms with Gasteiger partial charge in [-0.25, -0.2) is 0 Å². The zero-order valence-electron chi connectivity index (χ0n) is 8.81. The Morgan fingerprint density at radius 2 is 1.77 bits per heavy atom. The molecule has 0 saturated heterocycles. The van der Waals surface area contributed by atoms with Gasteiger partial charge in [-0.05, 0) is 44.1 Å². The summed E-state index contributed by atoms with van der Waals surface area (Å²) in [5.74, 6) is 0. The van der Waals surface area contributed by atoms with E-state index in [-0.39, 0.29) is 0 Å². The maximum absolute atomic E-state index is 9.16. The first-order valence-corrected chi connectivity index (χ1v) is 5.69. The minimum absolute atomic E-state index is 0.307. The van der Waals surface area contributed by atoms with E-state index < -0.39 is 0 Å². The molecule has 1 heteroatoms. The van der Waals surface area contributed by atoms with Gasteiger partial charge in [0.2, 0.25) is 0 Å². The van der Waals surface area contributed by atoms with Crippen molar-refractivity contribution in [1.29, 1.82) is 0 Å². The molecule has 1 aliphatic carbocycles. The Bertz CT molecular complexity index is 170. The summed E-state index contributed by atoms with van der Waals surface area (Å²) in [5, 5.41) is 9.16. The number of hydrogen-bond donors (Lipinski definition) is 1. The quantitative estimate of drug-likeness (QED) is 0.510. The average Bonchev–Trinajstić information content (AvgIpc) is 2.19. The monoisotopic (exact) mass is 182 g/mol. The van der Waals surface area contributed by atoms with Crippen molar-refractivity contribution < 1.29 is 5.11 Å². The maximum atomic E-state index is 9.16. The van der Waals surface area contributed by atoms with Gasteiger partial charge in [-0.3, -0.25) is 0 Å². The third kappa shape index (κ3) is 3.51. The third-order valence-electron chi connectivity index (χ3n) is 2.98. The zero-order chi connectivity index (χ0) is 9.52. The number of aliphatic hydroxyl groups excluding tert-OH is 1. The van der Waals surface area contributed by atoms with E-state index in [4.69, 9.17) is 5.11 Å². The van der Waals surface area contributed by atoms with Gasteiger partial charge in [0.25, 0.3) is 0 Å². The molecule has 1 rings (SSSR count). The second-order valence-corrected chi connectivity index (χ2v) is 4.03. The van der Waals surface area contributed by atoms with Crippen LogP contribution in [0.2, 0.25) is 0 Å². The Hall–Kier alpha value is -0.300. The molecule has 1 aliphatic rings. The van der Waals surface area contributed by atoms with Crippen molar-refractivity contribution in [1.82, 2.24) is 0 Å². The second-order valence-electron chi connectivity index (χ2n) is 4.03. The van der Waals surface area contributed by atoms with Crippen molar-refractivity contribution in [2.24, 2.45) is 0 Å². The Morgan fingerprint density at radius 1 is 1.08 bits per heavy atom. The molecule has 0 aromatic rings. The van der Waals surface area contributed by atoms with E-state index in [1.807, 2.05) is 0 Å². The molecular formula is C12H22O. The lowest BCUT2D eigenvalue weighted by Gasteiger charge is -2.18. The topological polar surface area (TPSA) is 20.2 Å². The molecule has 76 valence electrons. The maximum Gasteiger partial charge on any atom is 0.0644 e. The summed E-state index contributed by atoms with van der Waals surface area (Å²) in [5.41, 5.74) is 2.92. The number of rotatable bonds is 5. The van der Waals surface area contributed by atoms with Crippen LogP contribution in [0.25, 0.3) is 0 Å². The van der Waals surface area contributed by atoms with Gasteiger partial charge in [-0.2, -0.15) is 0 Å². The highest BCUT2D eigenvalue weighted by Crippen LogP contribution is 2.27. The van der Waals surface area contributed by atoms with Gasteiger partial charge >= 0.3 is 0 Å². The SMILES string of the molecule is CCCCCC1=C(CO)CCCC1. The van der Waals surface area contributed by atoms with Crippen LogP contribution in [0.4, 0.5) is 0 Å². The van der Waals surface area contributed by atoms with Crippen LogP contribution in [0.1, 0.15) is 58.3 Å². The molecule has 0 bridgehead atoms. The highest BCUT2D eigenvalue weighted by atomic mass is 16.3. The molecular weight excluding hydrogens is 160 g/mol. The second kappa shape index (κ2) is 6.20.